The SMILES string of the molecule is Cc1cc(N)nc(SC(C)C(=O)O)n1. The smallest absolute Gasteiger partial charge is 0.316 e. The highest BCUT2D eigenvalue weighted by Crippen LogP contribution is 2.20. The monoisotopic (exact) mass is 213 g/mol. The number of anilines is 1. The summed E-state index contributed by atoms with van der Waals surface area (Å²) in [5, 5.41) is 8.50. The van der Waals surface area contributed by atoms with Gasteiger partial charge in [-0.3, -0.25) is 4.79 Å². The van der Waals surface area contributed by atoms with E-state index in [0.29, 0.717) is 11.0 Å². The van der Waals surface area contributed by atoms with Crippen molar-refractivity contribution in [2.75, 3.05) is 5.73 Å². The number of hydrogen-bond acceptors (Lipinski definition) is 5. The Hall–Kier alpha value is -1.30. The van der Waals surface area contributed by atoms with E-state index in [9.17, 15) is 4.79 Å². The molecular formula is C8H11N3O2S. The molecule has 0 spiro atoms. The van der Waals surface area contributed by atoms with Crippen LogP contribution >= 0.6 is 11.8 Å². The summed E-state index contributed by atoms with van der Waals surface area (Å²) in [6.45, 7) is 3.36. The van der Waals surface area contributed by atoms with Crippen molar-refractivity contribution >= 4 is 23.5 Å². The Morgan fingerprint density at radius 3 is 2.79 bits per heavy atom. The van der Waals surface area contributed by atoms with E-state index in [-0.39, 0.29) is 0 Å². The number of carbonyl (C=O) groups is 1. The number of nitrogens with two attached hydrogens (primary N) is 1. The lowest BCUT2D eigenvalue weighted by Crippen LogP contribution is -2.12. The largest absolute Gasteiger partial charge is 0.480 e. The standard InChI is InChI=1S/C8H11N3O2S/c1-4-3-6(9)11-8(10-4)14-5(2)7(12)13/h3,5H,1-2H3,(H,12,13)(H2,9,10,11). The molecule has 1 heterocycles. The number of thioether (sulfide) groups is 1. The fourth-order valence-electron chi connectivity index (χ4n) is 0.826. The van der Waals surface area contributed by atoms with Crippen molar-refractivity contribution in [2.24, 2.45) is 0 Å². The average Bonchev–Trinajstić information content (AvgIpc) is 2.01. The van der Waals surface area contributed by atoms with Crippen LogP contribution in [0, 0.1) is 6.92 Å². The second-order valence-corrected chi connectivity index (χ2v) is 4.12. The van der Waals surface area contributed by atoms with Gasteiger partial charge in [0.2, 0.25) is 0 Å². The van der Waals surface area contributed by atoms with Crippen molar-refractivity contribution in [2.45, 2.75) is 24.3 Å². The van der Waals surface area contributed by atoms with E-state index in [1.54, 1.807) is 19.9 Å². The van der Waals surface area contributed by atoms with Crippen LogP contribution < -0.4 is 5.73 Å². The van der Waals surface area contributed by atoms with Crippen LogP contribution in [-0.4, -0.2) is 26.3 Å². The molecule has 0 saturated heterocycles. The summed E-state index contributed by atoms with van der Waals surface area (Å²) in [6, 6.07) is 1.63. The van der Waals surface area contributed by atoms with Crippen LogP contribution in [0.4, 0.5) is 5.82 Å². The number of aromatic nitrogens is 2. The van der Waals surface area contributed by atoms with Crippen LogP contribution in [0.3, 0.4) is 0 Å². The van der Waals surface area contributed by atoms with Crippen molar-refractivity contribution in [3.05, 3.63) is 11.8 Å². The first-order valence-electron chi connectivity index (χ1n) is 3.99. The van der Waals surface area contributed by atoms with Crippen LogP contribution in [0.5, 0.6) is 0 Å². The maximum atomic E-state index is 10.6. The zero-order valence-electron chi connectivity index (χ0n) is 7.89. The normalized spacial score (nSPS) is 12.4. The third-order valence-corrected chi connectivity index (χ3v) is 2.43. The number of nitrogens with zero attached hydrogens (tertiary/aromatic N) is 2. The summed E-state index contributed by atoms with van der Waals surface area (Å²) in [5.74, 6) is -0.531. The van der Waals surface area contributed by atoms with Gasteiger partial charge in [-0.2, -0.15) is 0 Å². The number of hydrogen-bond donors (Lipinski definition) is 2. The minimum atomic E-state index is -0.890. The number of carboxylic acids is 1. The molecule has 5 nitrogen and oxygen atoms in total. The van der Waals surface area contributed by atoms with Gasteiger partial charge in [-0.05, 0) is 13.8 Å². The van der Waals surface area contributed by atoms with E-state index in [4.69, 9.17) is 10.8 Å². The second-order valence-electron chi connectivity index (χ2n) is 2.82. The van der Waals surface area contributed by atoms with Gasteiger partial charge in [-0.15, -0.1) is 0 Å². The minimum absolute atomic E-state index is 0.359. The van der Waals surface area contributed by atoms with Gasteiger partial charge in [0.05, 0.1) is 0 Å². The van der Waals surface area contributed by atoms with Crippen molar-refractivity contribution in [3.63, 3.8) is 0 Å². The average molecular weight is 213 g/mol. The predicted molar refractivity (Wildman–Crippen MR) is 54.1 cm³/mol. The van der Waals surface area contributed by atoms with Crippen molar-refractivity contribution in [1.82, 2.24) is 9.97 Å². The molecule has 1 aromatic rings. The van der Waals surface area contributed by atoms with Crippen molar-refractivity contribution in [1.29, 1.82) is 0 Å². The molecule has 1 unspecified atom stereocenters. The van der Waals surface area contributed by atoms with E-state index in [2.05, 4.69) is 9.97 Å². The summed E-state index contributed by atoms with van der Waals surface area (Å²) in [6.07, 6.45) is 0. The molecule has 0 fully saturated rings. The molecule has 6 heteroatoms. The lowest BCUT2D eigenvalue weighted by atomic mass is 10.4. The van der Waals surface area contributed by atoms with Gasteiger partial charge in [0.15, 0.2) is 5.16 Å². The van der Waals surface area contributed by atoms with Crippen molar-refractivity contribution < 1.29 is 9.90 Å². The van der Waals surface area contributed by atoms with Crippen LogP contribution in [-0.2, 0) is 4.79 Å². The first kappa shape index (κ1) is 10.8. The lowest BCUT2D eigenvalue weighted by Gasteiger charge is -2.05. The highest BCUT2D eigenvalue weighted by molar-refractivity contribution is 8.00. The molecule has 14 heavy (non-hydrogen) atoms. The number of carboxylic acid groups (broad SMARTS) is 1. The van der Waals surface area contributed by atoms with E-state index in [1.165, 1.54) is 0 Å². The van der Waals surface area contributed by atoms with Gasteiger partial charge in [-0.25, -0.2) is 9.97 Å². The molecule has 1 aromatic heterocycles. The van der Waals surface area contributed by atoms with E-state index in [1.807, 2.05) is 0 Å². The van der Waals surface area contributed by atoms with Crippen LogP contribution in [0.2, 0.25) is 0 Å². The van der Waals surface area contributed by atoms with Gasteiger partial charge < -0.3 is 10.8 Å². The molecular weight excluding hydrogens is 202 g/mol. The Kier molecular flexibility index (Phi) is 3.29. The van der Waals surface area contributed by atoms with Gasteiger partial charge in [-0.1, -0.05) is 11.8 Å². The quantitative estimate of drug-likeness (QED) is 0.573. The number of aliphatic carboxylic acids is 1. The summed E-state index contributed by atoms with van der Waals surface area (Å²) in [5.41, 5.74) is 6.23. The summed E-state index contributed by atoms with van der Waals surface area (Å²) >= 11 is 1.08. The zero-order chi connectivity index (χ0) is 10.7. The first-order chi connectivity index (χ1) is 6.49. The summed E-state index contributed by atoms with van der Waals surface area (Å²) in [4.78, 5) is 18.6. The minimum Gasteiger partial charge on any atom is -0.480 e. The van der Waals surface area contributed by atoms with E-state index >= 15 is 0 Å². The van der Waals surface area contributed by atoms with Gasteiger partial charge in [0.1, 0.15) is 11.1 Å². The van der Waals surface area contributed by atoms with Gasteiger partial charge in [0, 0.05) is 11.8 Å². The van der Waals surface area contributed by atoms with E-state index < -0.39 is 11.2 Å². The van der Waals surface area contributed by atoms with Crippen LogP contribution in [0.15, 0.2) is 11.2 Å². The summed E-state index contributed by atoms with van der Waals surface area (Å²) in [7, 11) is 0. The highest BCUT2D eigenvalue weighted by Gasteiger charge is 2.14. The van der Waals surface area contributed by atoms with Gasteiger partial charge in [0.25, 0.3) is 0 Å². The third kappa shape index (κ3) is 2.88. The lowest BCUT2D eigenvalue weighted by molar-refractivity contribution is -0.136. The van der Waals surface area contributed by atoms with Gasteiger partial charge >= 0.3 is 5.97 Å². The third-order valence-electron chi connectivity index (χ3n) is 1.48. The first-order valence-corrected chi connectivity index (χ1v) is 4.87. The van der Waals surface area contributed by atoms with Crippen molar-refractivity contribution in [3.8, 4) is 0 Å². The highest BCUT2D eigenvalue weighted by atomic mass is 32.2. The van der Waals surface area contributed by atoms with E-state index in [0.717, 1.165) is 17.5 Å². The Balaban J connectivity index is 2.81. The molecule has 0 aromatic carbocycles. The van der Waals surface area contributed by atoms with Crippen LogP contribution in [0.1, 0.15) is 12.6 Å². The van der Waals surface area contributed by atoms with Crippen LogP contribution in [0.25, 0.3) is 0 Å². The molecule has 0 radical (unpaired) electrons. The zero-order valence-corrected chi connectivity index (χ0v) is 8.71. The fourth-order valence-corrected chi connectivity index (χ4v) is 1.60. The number of aryl methyl sites for hydroxylation is 1. The Bertz CT molecular complexity index is 336. The molecule has 3 N–H and O–H groups in total. The Labute approximate surface area is 85.7 Å². The molecule has 0 aliphatic carbocycles. The Morgan fingerprint density at radius 1 is 1.64 bits per heavy atom. The topological polar surface area (TPSA) is 89.1 Å². The molecule has 0 bridgehead atoms. The molecule has 0 amide bonds. The molecule has 1 rings (SSSR count). The molecule has 0 saturated carbocycles. The number of rotatable bonds is 3. The maximum absolute atomic E-state index is 10.6. The summed E-state index contributed by atoms with van der Waals surface area (Å²) < 4.78 is 0. The fraction of sp³-hybridized carbons (Fsp3) is 0.375. The second kappa shape index (κ2) is 4.28. The maximum Gasteiger partial charge on any atom is 0.316 e. The molecule has 0 aliphatic rings. The molecule has 0 aliphatic heterocycles. The predicted octanol–water partition coefficient (Wildman–Crippen LogP) is 0.932. The number of nitrogen functional groups attached to an aromatic ring is 1. The Morgan fingerprint density at radius 2 is 2.29 bits per heavy atom. The molecule has 1 atom stereocenters. The molecule has 76 valence electrons.